The van der Waals surface area contributed by atoms with Crippen LogP contribution in [0.25, 0.3) is 0 Å². The minimum absolute atomic E-state index is 0.125. The van der Waals surface area contributed by atoms with Crippen LogP contribution < -0.4 is 0 Å². The van der Waals surface area contributed by atoms with Crippen molar-refractivity contribution in [2.75, 3.05) is 52.6 Å². The lowest BCUT2D eigenvalue weighted by Crippen LogP contribution is -2.54. The summed E-state index contributed by atoms with van der Waals surface area (Å²) in [7, 11) is 0. The first-order valence-corrected chi connectivity index (χ1v) is 14.2. The number of ether oxygens (including phenoxy) is 2. The Labute approximate surface area is 222 Å². The molecule has 8 heteroatoms. The van der Waals surface area contributed by atoms with Gasteiger partial charge in [-0.15, -0.1) is 0 Å². The van der Waals surface area contributed by atoms with Crippen LogP contribution in [0.3, 0.4) is 0 Å². The van der Waals surface area contributed by atoms with Gasteiger partial charge in [0.15, 0.2) is 11.6 Å². The summed E-state index contributed by atoms with van der Waals surface area (Å²) in [4.78, 5) is 35.9. The third-order valence-corrected chi connectivity index (χ3v) is 10.1. The van der Waals surface area contributed by atoms with Gasteiger partial charge in [0.1, 0.15) is 0 Å². The van der Waals surface area contributed by atoms with E-state index < -0.39 is 11.1 Å². The topological polar surface area (TPSA) is 59.1 Å². The number of rotatable bonds is 6. The molecule has 2 fully saturated rings. The van der Waals surface area contributed by atoms with Gasteiger partial charge in [0.25, 0.3) is 0 Å². The molecule has 3 aliphatic rings. The lowest BCUT2D eigenvalue weighted by molar-refractivity contribution is -0.00443. The van der Waals surface area contributed by atoms with Gasteiger partial charge in [0.05, 0.1) is 37.5 Å². The number of Topliss-reactive ketones (excluding diaryl/α,β-unsaturated/α-hetero) is 2. The summed E-state index contributed by atoms with van der Waals surface area (Å²) < 4.78 is 11.0. The van der Waals surface area contributed by atoms with Gasteiger partial charge in [0, 0.05) is 56.9 Å². The van der Waals surface area contributed by atoms with Crippen molar-refractivity contribution >= 4 is 35.1 Å². The number of hydrogen-bond acceptors (Lipinski definition) is 8. The summed E-state index contributed by atoms with van der Waals surface area (Å²) in [5.74, 6) is 0.250. The van der Waals surface area contributed by atoms with Crippen molar-refractivity contribution < 1.29 is 19.1 Å². The fraction of sp³-hybridized carbons (Fsp3) is 0.500. The molecule has 2 aromatic carbocycles. The second-order valence-electron chi connectivity index (χ2n) is 10.5. The quantitative estimate of drug-likeness (QED) is 0.421. The fourth-order valence-electron chi connectivity index (χ4n) is 5.10. The van der Waals surface area contributed by atoms with Gasteiger partial charge in [-0.05, 0) is 52.0 Å². The summed E-state index contributed by atoms with van der Waals surface area (Å²) >= 11 is 3.34. The summed E-state index contributed by atoms with van der Waals surface area (Å²) in [6, 6.07) is 12.0. The Balaban J connectivity index is 1.37. The summed E-state index contributed by atoms with van der Waals surface area (Å²) in [5.41, 5.74) is 0.269. The van der Waals surface area contributed by atoms with E-state index >= 15 is 0 Å². The molecule has 0 radical (unpaired) electrons. The largest absolute Gasteiger partial charge is 0.379 e. The van der Waals surface area contributed by atoms with Gasteiger partial charge in [0.2, 0.25) is 0 Å². The van der Waals surface area contributed by atoms with E-state index in [9.17, 15) is 9.59 Å². The van der Waals surface area contributed by atoms with Crippen molar-refractivity contribution in [2.45, 2.75) is 58.4 Å². The number of nitrogens with zero attached hydrogens (tertiary/aromatic N) is 2. The van der Waals surface area contributed by atoms with E-state index in [-0.39, 0.29) is 11.6 Å². The molecule has 0 saturated carbocycles. The molecule has 3 aliphatic heterocycles. The molecule has 3 heterocycles. The van der Waals surface area contributed by atoms with E-state index in [4.69, 9.17) is 9.47 Å². The first-order chi connectivity index (χ1) is 17.2. The Kier molecular flexibility index (Phi) is 7.38. The molecule has 6 nitrogen and oxygen atoms in total. The summed E-state index contributed by atoms with van der Waals surface area (Å²) in [6.45, 7) is 13.7. The highest BCUT2D eigenvalue weighted by atomic mass is 32.2. The number of carbonyl (C=O) groups excluding carboxylic acids is 2. The van der Waals surface area contributed by atoms with Crippen molar-refractivity contribution in [2.24, 2.45) is 0 Å². The molecular formula is C28H34N2O4S2. The average molecular weight is 527 g/mol. The Hall–Kier alpha value is -1.68. The minimum atomic E-state index is -0.590. The van der Waals surface area contributed by atoms with Crippen LogP contribution in [-0.2, 0) is 9.47 Å². The highest BCUT2D eigenvalue weighted by molar-refractivity contribution is 8.05. The van der Waals surface area contributed by atoms with Crippen molar-refractivity contribution in [1.82, 2.24) is 9.80 Å². The third kappa shape index (κ3) is 4.91. The van der Waals surface area contributed by atoms with Crippen LogP contribution in [-0.4, -0.2) is 85.1 Å². The molecule has 0 spiro atoms. The van der Waals surface area contributed by atoms with E-state index in [0.717, 1.165) is 56.9 Å². The molecule has 5 rings (SSSR count). The van der Waals surface area contributed by atoms with Crippen LogP contribution >= 0.6 is 23.5 Å². The molecule has 192 valence electrons. The first kappa shape index (κ1) is 25.9. The predicted molar refractivity (Wildman–Crippen MR) is 143 cm³/mol. The number of morpholine rings is 2. The number of benzene rings is 2. The Morgan fingerprint density at radius 2 is 1.00 bits per heavy atom. The van der Waals surface area contributed by atoms with E-state index in [1.807, 2.05) is 52.0 Å². The van der Waals surface area contributed by atoms with Gasteiger partial charge in [-0.1, -0.05) is 35.7 Å². The molecule has 0 bridgehead atoms. The molecule has 2 saturated heterocycles. The maximum Gasteiger partial charge on any atom is 0.182 e. The monoisotopic (exact) mass is 526 g/mol. The van der Waals surface area contributed by atoms with Crippen LogP contribution in [0.5, 0.6) is 0 Å². The van der Waals surface area contributed by atoms with Crippen LogP contribution in [0.2, 0.25) is 0 Å². The average Bonchev–Trinajstić information content (AvgIpc) is 2.91. The van der Waals surface area contributed by atoms with Crippen LogP contribution in [0, 0.1) is 0 Å². The molecule has 2 aromatic rings. The predicted octanol–water partition coefficient (Wildman–Crippen LogP) is 4.89. The van der Waals surface area contributed by atoms with Crippen LogP contribution in [0.1, 0.15) is 48.4 Å². The Bertz CT molecular complexity index is 1080. The van der Waals surface area contributed by atoms with Gasteiger partial charge in [-0.2, -0.15) is 0 Å². The molecule has 0 aliphatic carbocycles. The zero-order valence-corrected chi connectivity index (χ0v) is 23.1. The second-order valence-corrected chi connectivity index (χ2v) is 12.7. The van der Waals surface area contributed by atoms with Gasteiger partial charge >= 0.3 is 0 Å². The summed E-state index contributed by atoms with van der Waals surface area (Å²) in [6.07, 6.45) is 0. The molecule has 0 amide bonds. The highest BCUT2D eigenvalue weighted by Gasteiger charge is 2.38. The lowest BCUT2D eigenvalue weighted by Gasteiger charge is -2.39. The van der Waals surface area contributed by atoms with Crippen LogP contribution in [0.15, 0.2) is 56.0 Å². The van der Waals surface area contributed by atoms with Crippen molar-refractivity contribution in [3.8, 4) is 0 Å². The maximum atomic E-state index is 13.5. The Morgan fingerprint density at radius 1 is 0.639 bits per heavy atom. The molecule has 0 atom stereocenters. The van der Waals surface area contributed by atoms with E-state index in [2.05, 4.69) is 21.9 Å². The number of carbonyl (C=O) groups is 2. The SMILES string of the molecule is CC(C)(C(=O)c1ccc2c(c1)Sc1cc(C(=O)C(C)(C)N3CCOCC3)ccc1S2)N1CCOCC1. The van der Waals surface area contributed by atoms with E-state index in [0.29, 0.717) is 26.4 Å². The zero-order valence-electron chi connectivity index (χ0n) is 21.5. The number of fused-ring (bicyclic) bond motifs is 2. The molecule has 0 aromatic heterocycles. The van der Waals surface area contributed by atoms with E-state index in [1.165, 1.54) is 0 Å². The molecule has 0 unspecified atom stereocenters. The smallest absolute Gasteiger partial charge is 0.182 e. The first-order valence-electron chi connectivity index (χ1n) is 12.6. The highest BCUT2D eigenvalue weighted by Crippen LogP contribution is 2.49. The van der Waals surface area contributed by atoms with Crippen molar-refractivity contribution in [3.63, 3.8) is 0 Å². The van der Waals surface area contributed by atoms with Gasteiger partial charge in [-0.25, -0.2) is 0 Å². The molecule has 36 heavy (non-hydrogen) atoms. The normalized spacial score (nSPS) is 19.4. The standard InChI is InChI=1S/C28H34N2O4S2/c1-27(2,29-9-13-33-14-10-29)25(31)19-5-7-21-23(17-19)36-24-18-20(6-8-22(24)35-21)26(32)28(3,4)30-11-15-34-16-12-30/h5-8,17-18H,9-16H2,1-4H3. The molecule has 0 N–H and O–H groups in total. The van der Waals surface area contributed by atoms with Crippen molar-refractivity contribution in [1.29, 1.82) is 0 Å². The van der Waals surface area contributed by atoms with Gasteiger partial charge in [-0.3, -0.25) is 19.4 Å². The van der Waals surface area contributed by atoms with Gasteiger partial charge < -0.3 is 9.47 Å². The van der Waals surface area contributed by atoms with Crippen molar-refractivity contribution in [3.05, 3.63) is 47.5 Å². The molecular weight excluding hydrogens is 492 g/mol. The lowest BCUT2D eigenvalue weighted by atomic mass is 9.91. The summed E-state index contributed by atoms with van der Waals surface area (Å²) in [5, 5.41) is 0. The maximum absolute atomic E-state index is 13.5. The minimum Gasteiger partial charge on any atom is -0.379 e. The van der Waals surface area contributed by atoms with Crippen LogP contribution in [0.4, 0.5) is 0 Å². The number of hydrogen-bond donors (Lipinski definition) is 0. The zero-order chi connectivity index (χ0) is 25.5. The second kappa shape index (κ2) is 10.2. The third-order valence-electron chi connectivity index (χ3n) is 7.57. The number of ketones is 2. The fourth-order valence-corrected chi connectivity index (χ4v) is 7.38. The Morgan fingerprint density at radius 3 is 1.39 bits per heavy atom. The van der Waals surface area contributed by atoms with E-state index in [1.54, 1.807) is 23.5 Å².